The second-order valence-corrected chi connectivity index (χ2v) is 3.98. The molecule has 2 nitrogen and oxygen atoms in total. The molecule has 0 amide bonds. The molecule has 16 heavy (non-hydrogen) atoms. The molecule has 1 aliphatic carbocycles. The first kappa shape index (κ1) is 11.0. The second-order valence-electron chi connectivity index (χ2n) is 3.98. The van der Waals surface area contributed by atoms with Gasteiger partial charge in [0.2, 0.25) is 0 Å². The summed E-state index contributed by atoms with van der Waals surface area (Å²) in [5.74, 6) is 6.41. The Morgan fingerprint density at radius 2 is 2.00 bits per heavy atom. The van der Waals surface area contributed by atoms with Crippen molar-refractivity contribution in [2.75, 3.05) is 6.61 Å². The van der Waals surface area contributed by atoms with E-state index in [1.165, 1.54) is 12.8 Å². The molecular weight excluding hydrogens is 200 g/mol. The molecule has 0 atom stereocenters. The summed E-state index contributed by atoms with van der Waals surface area (Å²) >= 11 is 0. The molecule has 0 spiro atoms. The summed E-state index contributed by atoms with van der Waals surface area (Å²) in [6.45, 7) is -0.113. The minimum atomic E-state index is -0.113. The van der Waals surface area contributed by atoms with E-state index in [4.69, 9.17) is 9.84 Å². The van der Waals surface area contributed by atoms with Crippen LogP contribution < -0.4 is 4.74 Å². The molecule has 0 aliphatic heterocycles. The van der Waals surface area contributed by atoms with E-state index in [-0.39, 0.29) is 6.61 Å². The Kier molecular flexibility index (Phi) is 3.85. The van der Waals surface area contributed by atoms with E-state index in [0.717, 1.165) is 24.2 Å². The van der Waals surface area contributed by atoms with Gasteiger partial charge in [0, 0.05) is 0 Å². The van der Waals surface area contributed by atoms with Crippen LogP contribution >= 0.6 is 0 Å². The lowest BCUT2D eigenvalue weighted by molar-refractivity contribution is 0.209. The number of hydrogen-bond donors (Lipinski definition) is 1. The van der Waals surface area contributed by atoms with Crippen molar-refractivity contribution < 1.29 is 9.84 Å². The first-order valence-electron chi connectivity index (χ1n) is 5.75. The van der Waals surface area contributed by atoms with Crippen molar-refractivity contribution in [3.05, 3.63) is 29.8 Å². The largest absolute Gasteiger partial charge is 0.489 e. The standard InChI is InChI=1S/C14H16O2/c15-11-5-7-12-6-1-4-10-14(12)16-13-8-2-3-9-13/h1,4,6,10,13,15H,2-3,8-9,11H2. The van der Waals surface area contributed by atoms with Gasteiger partial charge in [-0.3, -0.25) is 0 Å². The molecule has 1 aromatic rings. The maximum absolute atomic E-state index is 8.69. The molecule has 0 aromatic heterocycles. The average molecular weight is 216 g/mol. The molecule has 2 rings (SSSR count). The topological polar surface area (TPSA) is 29.5 Å². The zero-order valence-electron chi connectivity index (χ0n) is 9.28. The van der Waals surface area contributed by atoms with E-state index in [9.17, 15) is 0 Å². The third kappa shape index (κ3) is 2.77. The van der Waals surface area contributed by atoms with Crippen molar-refractivity contribution in [1.82, 2.24) is 0 Å². The Balaban J connectivity index is 2.12. The minimum absolute atomic E-state index is 0.113. The zero-order chi connectivity index (χ0) is 11.2. The molecular formula is C14H16O2. The fourth-order valence-electron chi connectivity index (χ4n) is 1.99. The van der Waals surface area contributed by atoms with Crippen LogP contribution in [-0.4, -0.2) is 17.8 Å². The molecule has 1 aliphatic rings. The normalized spacial score (nSPS) is 15.6. The van der Waals surface area contributed by atoms with Crippen LogP contribution in [0.5, 0.6) is 5.75 Å². The monoisotopic (exact) mass is 216 g/mol. The molecule has 1 aromatic carbocycles. The van der Waals surface area contributed by atoms with E-state index < -0.39 is 0 Å². The lowest BCUT2D eigenvalue weighted by Gasteiger charge is -2.14. The van der Waals surface area contributed by atoms with Crippen LogP contribution in [0.1, 0.15) is 31.2 Å². The van der Waals surface area contributed by atoms with Gasteiger partial charge in [0.15, 0.2) is 0 Å². The van der Waals surface area contributed by atoms with Gasteiger partial charge in [0.25, 0.3) is 0 Å². The molecule has 0 bridgehead atoms. The molecule has 0 radical (unpaired) electrons. The predicted molar refractivity (Wildman–Crippen MR) is 63.3 cm³/mol. The lowest BCUT2D eigenvalue weighted by atomic mass is 10.2. The number of aliphatic hydroxyl groups is 1. The fraction of sp³-hybridized carbons (Fsp3) is 0.429. The highest BCUT2D eigenvalue weighted by Crippen LogP contribution is 2.26. The number of para-hydroxylation sites is 1. The van der Waals surface area contributed by atoms with Gasteiger partial charge in [-0.15, -0.1) is 0 Å². The van der Waals surface area contributed by atoms with Gasteiger partial charge in [0.1, 0.15) is 12.4 Å². The maximum atomic E-state index is 8.69. The van der Waals surface area contributed by atoms with E-state index in [1.807, 2.05) is 24.3 Å². The van der Waals surface area contributed by atoms with E-state index in [2.05, 4.69) is 11.8 Å². The van der Waals surface area contributed by atoms with Crippen LogP contribution in [0.25, 0.3) is 0 Å². The van der Waals surface area contributed by atoms with Crippen LogP contribution in [0.15, 0.2) is 24.3 Å². The summed E-state index contributed by atoms with van der Waals surface area (Å²) in [6, 6.07) is 7.75. The van der Waals surface area contributed by atoms with Crippen molar-refractivity contribution in [2.24, 2.45) is 0 Å². The summed E-state index contributed by atoms with van der Waals surface area (Å²) in [7, 11) is 0. The van der Waals surface area contributed by atoms with E-state index in [0.29, 0.717) is 6.10 Å². The maximum Gasteiger partial charge on any atom is 0.135 e. The van der Waals surface area contributed by atoms with Crippen molar-refractivity contribution in [3.8, 4) is 17.6 Å². The Morgan fingerprint density at radius 3 is 2.75 bits per heavy atom. The predicted octanol–water partition coefficient (Wildman–Crippen LogP) is 2.35. The number of hydrogen-bond acceptors (Lipinski definition) is 2. The summed E-state index contributed by atoms with van der Waals surface area (Å²) in [5, 5.41) is 8.69. The summed E-state index contributed by atoms with van der Waals surface area (Å²) in [4.78, 5) is 0. The molecule has 0 unspecified atom stereocenters. The highest BCUT2D eigenvalue weighted by atomic mass is 16.5. The van der Waals surface area contributed by atoms with Gasteiger partial charge in [-0.25, -0.2) is 0 Å². The smallest absolute Gasteiger partial charge is 0.135 e. The number of aliphatic hydroxyl groups excluding tert-OH is 1. The van der Waals surface area contributed by atoms with Crippen LogP contribution in [0.4, 0.5) is 0 Å². The van der Waals surface area contributed by atoms with Gasteiger partial charge in [-0.1, -0.05) is 24.0 Å². The molecule has 1 N–H and O–H groups in total. The SMILES string of the molecule is OCC#Cc1ccccc1OC1CCCC1. The Hall–Kier alpha value is -1.46. The first-order chi connectivity index (χ1) is 7.90. The van der Waals surface area contributed by atoms with Gasteiger partial charge in [-0.05, 0) is 37.8 Å². The number of ether oxygens (including phenoxy) is 1. The minimum Gasteiger partial charge on any atom is -0.489 e. The van der Waals surface area contributed by atoms with Crippen LogP contribution in [0.2, 0.25) is 0 Å². The van der Waals surface area contributed by atoms with Crippen LogP contribution in [-0.2, 0) is 0 Å². The summed E-state index contributed by atoms with van der Waals surface area (Å²) in [5.41, 5.74) is 0.864. The van der Waals surface area contributed by atoms with Crippen molar-refractivity contribution in [1.29, 1.82) is 0 Å². The Morgan fingerprint density at radius 1 is 1.25 bits per heavy atom. The first-order valence-corrected chi connectivity index (χ1v) is 5.75. The van der Waals surface area contributed by atoms with Gasteiger partial charge in [0.05, 0.1) is 11.7 Å². The van der Waals surface area contributed by atoms with Crippen molar-refractivity contribution >= 4 is 0 Å². The highest BCUT2D eigenvalue weighted by Gasteiger charge is 2.17. The fourth-order valence-corrected chi connectivity index (χ4v) is 1.99. The molecule has 84 valence electrons. The molecule has 1 fully saturated rings. The van der Waals surface area contributed by atoms with Gasteiger partial charge < -0.3 is 9.84 Å². The third-order valence-corrected chi connectivity index (χ3v) is 2.79. The molecule has 0 heterocycles. The van der Waals surface area contributed by atoms with Crippen molar-refractivity contribution in [3.63, 3.8) is 0 Å². The molecule has 1 saturated carbocycles. The number of benzene rings is 1. The Labute approximate surface area is 96.3 Å². The zero-order valence-corrected chi connectivity index (χ0v) is 9.28. The van der Waals surface area contributed by atoms with Crippen LogP contribution in [0, 0.1) is 11.8 Å². The summed E-state index contributed by atoms with van der Waals surface area (Å²) < 4.78 is 5.92. The molecule has 2 heteroatoms. The number of rotatable bonds is 2. The third-order valence-electron chi connectivity index (χ3n) is 2.79. The van der Waals surface area contributed by atoms with Crippen molar-refractivity contribution in [2.45, 2.75) is 31.8 Å². The average Bonchev–Trinajstić information content (AvgIpc) is 2.81. The van der Waals surface area contributed by atoms with Gasteiger partial charge in [-0.2, -0.15) is 0 Å². The summed E-state index contributed by atoms with van der Waals surface area (Å²) in [6.07, 6.45) is 5.14. The van der Waals surface area contributed by atoms with Crippen LogP contribution in [0.3, 0.4) is 0 Å². The Bertz CT molecular complexity index is 395. The quantitative estimate of drug-likeness (QED) is 0.769. The molecule has 0 saturated heterocycles. The highest BCUT2D eigenvalue weighted by molar-refractivity contribution is 5.46. The van der Waals surface area contributed by atoms with E-state index >= 15 is 0 Å². The van der Waals surface area contributed by atoms with Gasteiger partial charge >= 0.3 is 0 Å². The second kappa shape index (κ2) is 5.58. The van der Waals surface area contributed by atoms with E-state index in [1.54, 1.807) is 0 Å². The lowest BCUT2D eigenvalue weighted by Crippen LogP contribution is -2.11.